The van der Waals surface area contributed by atoms with Crippen LogP contribution in [0.15, 0.2) is 12.7 Å². The van der Waals surface area contributed by atoms with Crippen molar-refractivity contribution in [3.8, 4) is 0 Å². The van der Waals surface area contributed by atoms with Crippen molar-refractivity contribution in [1.29, 1.82) is 0 Å². The Morgan fingerprint density at radius 3 is 1.32 bits per heavy atom. The van der Waals surface area contributed by atoms with Gasteiger partial charge in [0.15, 0.2) is 11.6 Å². The number of rotatable bonds is 2. The summed E-state index contributed by atoms with van der Waals surface area (Å²) >= 11 is 0. The molecule has 0 aromatic carbocycles. The van der Waals surface area contributed by atoms with Crippen LogP contribution >= 0.6 is 0 Å². The molecule has 0 fully saturated rings. The van der Waals surface area contributed by atoms with Gasteiger partial charge in [-0.15, -0.1) is 0 Å². The van der Waals surface area contributed by atoms with Gasteiger partial charge >= 0.3 is 17.1 Å². The minimum Gasteiger partial charge on any atom is -0.541 e. The van der Waals surface area contributed by atoms with E-state index < -0.39 is 11.9 Å². The molecule has 1 radical (unpaired) electrons. The first-order chi connectivity index (χ1) is 7.61. The molecule has 0 saturated heterocycles. The zero-order valence-electron chi connectivity index (χ0n) is 8.88. The Morgan fingerprint density at radius 1 is 0.895 bits per heavy atom. The molecular formula is C6H8CuN6O6. The summed E-state index contributed by atoms with van der Waals surface area (Å²) in [6, 6.07) is 0. The van der Waals surface area contributed by atoms with Crippen LogP contribution in [0.1, 0.15) is 21.2 Å². The topological polar surface area (TPSA) is 226 Å². The molecule has 6 N–H and O–H groups in total. The van der Waals surface area contributed by atoms with Gasteiger partial charge in [-0.05, 0) is 0 Å². The molecule has 19 heavy (non-hydrogen) atoms. The second kappa shape index (κ2) is 10.8. The third-order valence-corrected chi connectivity index (χ3v) is 1.20. The van der Waals surface area contributed by atoms with Gasteiger partial charge in [0.1, 0.15) is 24.6 Å². The molecule has 12 nitrogen and oxygen atoms in total. The standard InChI is InChI=1S/2C3H3N3O2.Cu.2H2O/c2*7-3(8)2-4-1-5-6-2;;;/h2*1H,(H,7,8)(H,4,5,6);;2*1H2/q;;+2;;/p-2. The summed E-state index contributed by atoms with van der Waals surface area (Å²) in [6.45, 7) is 0. The van der Waals surface area contributed by atoms with E-state index in [0.29, 0.717) is 0 Å². The van der Waals surface area contributed by atoms with Crippen molar-refractivity contribution in [3.63, 3.8) is 0 Å². The number of carbonyl (C=O) groups excluding carboxylic acids is 2. The molecule has 2 aromatic rings. The number of carbonyl (C=O) groups is 2. The van der Waals surface area contributed by atoms with E-state index in [9.17, 15) is 19.8 Å². The largest absolute Gasteiger partial charge is 2.00 e. The zero-order chi connectivity index (χ0) is 12.0. The first-order valence-electron chi connectivity index (χ1n) is 3.75. The van der Waals surface area contributed by atoms with Crippen molar-refractivity contribution < 1.29 is 47.8 Å². The van der Waals surface area contributed by atoms with Crippen LogP contribution < -0.4 is 10.2 Å². The number of carboxylic acid groups (broad SMARTS) is 2. The summed E-state index contributed by atoms with van der Waals surface area (Å²) in [5, 5.41) is 30.5. The minimum atomic E-state index is -1.37. The maximum Gasteiger partial charge on any atom is 2.00 e. The average molecular weight is 324 g/mol. The second-order valence-electron chi connectivity index (χ2n) is 2.22. The molecule has 0 bridgehead atoms. The Kier molecular flexibility index (Phi) is 12.4. The van der Waals surface area contributed by atoms with Crippen LogP contribution in [0.3, 0.4) is 0 Å². The van der Waals surface area contributed by atoms with Crippen LogP contribution in [0.25, 0.3) is 0 Å². The van der Waals surface area contributed by atoms with Gasteiger partial charge in [-0.25, -0.2) is 9.97 Å². The molecule has 0 aliphatic rings. The predicted octanol–water partition coefficient (Wildman–Crippen LogP) is -5.32. The van der Waals surface area contributed by atoms with Crippen LogP contribution in [0.2, 0.25) is 0 Å². The van der Waals surface area contributed by atoms with Crippen molar-refractivity contribution in [2.75, 3.05) is 0 Å². The summed E-state index contributed by atoms with van der Waals surface area (Å²) < 4.78 is 0. The van der Waals surface area contributed by atoms with E-state index in [1.165, 1.54) is 12.7 Å². The van der Waals surface area contributed by atoms with Gasteiger partial charge in [-0.1, -0.05) is 0 Å². The number of H-pyrrole nitrogens is 2. The summed E-state index contributed by atoms with van der Waals surface area (Å²) in [5.74, 6) is -3.37. The minimum absolute atomic E-state index is 0. The van der Waals surface area contributed by atoms with Gasteiger partial charge in [-0.2, -0.15) is 10.2 Å². The summed E-state index contributed by atoms with van der Waals surface area (Å²) in [7, 11) is 0. The van der Waals surface area contributed by atoms with Crippen molar-refractivity contribution in [2.45, 2.75) is 0 Å². The number of carboxylic acids is 2. The maximum atomic E-state index is 9.81. The number of hydrogen-bond acceptors (Lipinski definition) is 8. The van der Waals surface area contributed by atoms with Crippen molar-refractivity contribution in [1.82, 2.24) is 30.4 Å². The molecule has 0 atom stereocenters. The van der Waals surface area contributed by atoms with E-state index in [-0.39, 0.29) is 39.7 Å². The molecule has 0 spiro atoms. The molecule has 0 aliphatic carbocycles. The van der Waals surface area contributed by atoms with Crippen LogP contribution in [-0.2, 0) is 17.1 Å². The van der Waals surface area contributed by atoms with E-state index in [2.05, 4.69) is 30.4 Å². The van der Waals surface area contributed by atoms with Gasteiger partial charge in [0.25, 0.3) is 0 Å². The molecule has 2 rings (SSSR count). The van der Waals surface area contributed by atoms with Crippen LogP contribution in [0.4, 0.5) is 0 Å². The smallest absolute Gasteiger partial charge is 0.541 e. The fourth-order valence-electron chi connectivity index (χ4n) is 0.614. The molecule has 0 unspecified atom stereocenters. The van der Waals surface area contributed by atoms with Gasteiger partial charge in [0, 0.05) is 0 Å². The predicted molar refractivity (Wildman–Crippen MR) is 48.7 cm³/mol. The number of hydrogen-bond donors (Lipinski definition) is 2. The molecule has 2 heterocycles. The number of nitrogens with one attached hydrogen (secondary N) is 2. The number of aromatic nitrogens is 6. The SMILES string of the molecule is O.O.O=C([O-])c1nc[nH]n1.O=C([O-])c1nc[nH]n1.[Cu+2]. The fraction of sp³-hybridized carbons (Fsp3) is 0. The summed E-state index contributed by atoms with van der Waals surface area (Å²) in [4.78, 5) is 26.2. The van der Waals surface area contributed by atoms with E-state index in [4.69, 9.17) is 0 Å². The van der Waals surface area contributed by atoms with Gasteiger partial charge in [0.05, 0.1) is 0 Å². The van der Waals surface area contributed by atoms with E-state index in [0.717, 1.165) is 0 Å². The van der Waals surface area contributed by atoms with Crippen LogP contribution in [0, 0.1) is 0 Å². The van der Waals surface area contributed by atoms with E-state index in [1.54, 1.807) is 0 Å². The van der Waals surface area contributed by atoms with Crippen molar-refractivity contribution >= 4 is 11.9 Å². The van der Waals surface area contributed by atoms with E-state index >= 15 is 0 Å². The summed E-state index contributed by atoms with van der Waals surface area (Å²) in [6.07, 6.45) is 2.34. The molecule has 109 valence electrons. The number of aromatic carboxylic acids is 2. The molecular weight excluding hydrogens is 316 g/mol. The third kappa shape index (κ3) is 7.56. The van der Waals surface area contributed by atoms with Crippen molar-refractivity contribution in [3.05, 3.63) is 24.3 Å². The Morgan fingerprint density at radius 2 is 1.21 bits per heavy atom. The fourth-order valence-corrected chi connectivity index (χ4v) is 0.614. The number of nitrogens with zero attached hydrogens (tertiary/aromatic N) is 4. The number of aromatic amines is 2. The molecule has 0 amide bonds. The molecule has 0 saturated carbocycles. The Hall–Kier alpha value is -2.34. The third-order valence-electron chi connectivity index (χ3n) is 1.20. The maximum absolute atomic E-state index is 9.81. The second-order valence-corrected chi connectivity index (χ2v) is 2.22. The summed E-state index contributed by atoms with van der Waals surface area (Å²) in [5.41, 5.74) is 0. The first kappa shape index (κ1) is 21.9. The van der Waals surface area contributed by atoms with Gasteiger partial charge in [-0.3, -0.25) is 10.2 Å². The Bertz CT molecular complexity index is 414. The van der Waals surface area contributed by atoms with Gasteiger partial charge < -0.3 is 30.8 Å². The molecule has 2 aromatic heterocycles. The molecule has 0 aliphatic heterocycles. The average Bonchev–Trinajstić information content (AvgIpc) is 2.93. The molecule has 13 heteroatoms. The normalized spacial score (nSPS) is 7.58. The van der Waals surface area contributed by atoms with Crippen LogP contribution in [0.5, 0.6) is 0 Å². The van der Waals surface area contributed by atoms with Crippen molar-refractivity contribution in [2.24, 2.45) is 0 Å². The Balaban J connectivity index is -0.000000233. The van der Waals surface area contributed by atoms with Crippen LogP contribution in [-0.4, -0.2) is 53.3 Å². The Labute approximate surface area is 115 Å². The van der Waals surface area contributed by atoms with E-state index in [1.807, 2.05) is 0 Å². The quantitative estimate of drug-likeness (QED) is 0.505. The monoisotopic (exact) mass is 323 g/mol. The zero-order valence-corrected chi connectivity index (χ0v) is 9.82. The first-order valence-corrected chi connectivity index (χ1v) is 3.75. The van der Waals surface area contributed by atoms with Gasteiger partial charge in [0.2, 0.25) is 0 Å².